The number of quaternary nitrogens is 1. The Hall–Kier alpha value is -1.89. The molecule has 0 rings (SSSR count). The number of aliphatic carboxylic acids is 3. The average molecular weight is 470 g/mol. The molecule has 0 fully saturated rings. The van der Waals surface area contributed by atoms with Crippen LogP contribution in [0.15, 0.2) is 12.2 Å². The first-order chi connectivity index (χ1) is 15.8. The van der Waals surface area contributed by atoms with Gasteiger partial charge in [0, 0.05) is 12.4 Å². The SMILES string of the molecule is CCCCCCCCCCCCCC/C=C/C[N+](CCC(=O)[O-])(CCC(=O)O)CCC(=O)O. The Bertz CT molecular complexity index is 515. The molecule has 0 unspecified atom stereocenters. The minimum atomic E-state index is -1.20. The summed E-state index contributed by atoms with van der Waals surface area (Å²) in [5.41, 5.74) is 0. The third-order valence-corrected chi connectivity index (χ3v) is 6.27. The number of carboxylic acids is 3. The summed E-state index contributed by atoms with van der Waals surface area (Å²) >= 11 is 0. The van der Waals surface area contributed by atoms with Crippen LogP contribution in [0.3, 0.4) is 0 Å². The third-order valence-electron chi connectivity index (χ3n) is 6.27. The Labute approximate surface area is 200 Å². The largest absolute Gasteiger partial charge is 0.550 e. The summed E-state index contributed by atoms with van der Waals surface area (Å²) in [6, 6.07) is 0. The van der Waals surface area contributed by atoms with Gasteiger partial charge in [-0.2, -0.15) is 0 Å². The van der Waals surface area contributed by atoms with Gasteiger partial charge in [0.15, 0.2) is 0 Å². The molecule has 0 spiro atoms. The minimum Gasteiger partial charge on any atom is -0.550 e. The van der Waals surface area contributed by atoms with Crippen molar-refractivity contribution in [2.24, 2.45) is 0 Å². The van der Waals surface area contributed by atoms with Crippen molar-refractivity contribution in [3.05, 3.63) is 12.2 Å². The number of carbonyl (C=O) groups is 3. The second-order valence-corrected chi connectivity index (χ2v) is 9.25. The van der Waals surface area contributed by atoms with Gasteiger partial charge in [0.25, 0.3) is 0 Å². The van der Waals surface area contributed by atoms with Gasteiger partial charge in [0.1, 0.15) is 0 Å². The van der Waals surface area contributed by atoms with E-state index in [4.69, 9.17) is 10.2 Å². The number of rotatable bonds is 24. The molecule has 0 heterocycles. The van der Waals surface area contributed by atoms with Gasteiger partial charge in [-0.05, 0) is 18.9 Å². The maximum Gasteiger partial charge on any atom is 0.309 e. The predicted molar refractivity (Wildman–Crippen MR) is 129 cm³/mol. The fourth-order valence-electron chi connectivity index (χ4n) is 4.12. The molecule has 0 radical (unpaired) electrons. The highest BCUT2D eigenvalue weighted by molar-refractivity contribution is 5.67. The van der Waals surface area contributed by atoms with Gasteiger partial charge >= 0.3 is 11.9 Å². The number of unbranched alkanes of at least 4 members (excludes halogenated alkanes) is 12. The molecular weight excluding hydrogens is 422 g/mol. The zero-order valence-electron chi connectivity index (χ0n) is 20.8. The van der Waals surface area contributed by atoms with Crippen LogP contribution in [0, 0.1) is 0 Å². The molecule has 7 nitrogen and oxygen atoms in total. The number of allylic oxidation sites excluding steroid dienone is 1. The van der Waals surface area contributed by atoms with E-state index >= 15 is 0 Å². The lowest BCUT2D eigenvalue weighted by molar-refractivity contribution is -0.921. The molecule has 0 aromatic heterocycles. The molecular formula is C26H47NO6. The van der Waals surface area contributed by atoms with E-state index in [1.165, 1.54) is 70.6 Å². The highest BCUT2D eigenvalue weighted by atomic mass is 16.4. The van der Waals surface area contributed by atoms with Crippen LogP contribution in [0.1, 0.15) is 110 Å². The first-order valence-corrected chi connectivity index (χ1v) is 12.9. The zero-order valence-corrected chi connectivity index (χ0v) is 20.8. The van der Waals surface area contributed by atoms with Crippen LogP contribution >= 0.6 is 0 Å². The normalized spacial score (nSPS) is 11.8. The van der Waals surface area contributed by atoms with Crippen LogP contribution in [0.4, 0.5) is 0 Å². The van der Waals surface area contributed by atoms with E-state index in [0.29, 0.717) is 6.54 Å². The van der Waals surface area contributed by atoms with E-state index < -0.39 is 17.9 Å². The molecule has 0 amide bonds. The quantitative estimate of drug-likeness (QED) is 0.122. The van der Waals surface area contributed by atoms with Crippen LogP contribution in [0.25, 0.3) is 0 Å². The van der Waals surface area contributed by atoms with Gasteiger partial charge < -0.3 is 24.6 Å². The van der Waals surface area contributed by atoms with Gasteiger partial charge in [-0.1, -0.05) is 83.6 Å². The van der Waals surface area contributed by atoms with Gasteiger partial charge in [0.2, 0.25) is 0 Å². The van der Waals surface area contributed by atoms with E-state index in [1.807, 2.05) is 6.08 Å². The van der Waals surface area contributed by atoms with Crippen LogP contribution < -0.4 is 5.11 Å². The molecule has 33 heavy (non-hydrogen) atoms. The van der Waals surface area contributed by atoms with Gasteiger partial charge in [-0.3, -0.25) is 9.59 Å². The highest BCUT2D eigenvalue weighted by Crippen LogP contribution is 2.15. The van der Waals surface area contributed by atoms with Crippen molar-refractivity contribution in [1.82, 2.24) is 0 Å². The summed E-state index contributed by atoms with van der Waals surface area (Å²) in [4.78, 5) is 33.1. The molecule has 0 aromatic carbocycles. The molecule has 2 N–H and O–H groups in total. The molecule has 0 saturated carbocycles. The Morgan fingerprint density at radius 2 is 1.09 bits per heavy atom. The fourth-order valence-corrected chi connectivity index (χ4v) is 4.12. The second kappa shape index (κ2) is 20.7. The standard InChI is InChI=1S/C26H47NO6/c1-2-3-4-5-6-7-8-9-10-11-12-13-14-15-16-20-27(21-17-24(28)29,22-18-25(30)31)23-19-26(32)33/h15-16H,2-14,17-23H2,1H3,(H2-,28,29,30,31,32,33)/b16-15+. The number of hydrogen-bond acceptors (Lipinski definition) is 4. The second-order valence-electron chi connectivity index (χ2n) is 9.25. The molecule has 0 atom stereocenters. The molecule has 192 valence electrons. The molecule has 0 aliphatic rings. The molecule has 7 heteroatoms. The summed E-state index contributed by atoms with van der Waals surface area (Å²) in [6.07, 6.45) is 20.1. The van der Waals surface area contributed by atoms with Gasteiger partial charge in [0.05, 0.1) is 39.0 Å². The van der Waals surface area contributed by atoms with Crippen LogP contribution in [-0.4, -0.2) is 58.8 Å². The predicted octanol–water partition coefficient (Wildman–Crippen LogP) is 4.54. The van der Waals surface area contributed by atoms with Crippen LogP contribution in [0.5, 0.6) is 0 Å². The van der Waals surface area contributed by atoms with Crippen molar-refractivity contribution < 1.29 is 34.2 Å². The minimum absolute atomic E-state index is 0.126. The van der Waals surface area contributed by atoms with Crippen molar-refractivity contribution in [2.45, 2.75) is 110 Å². The van der Waals surface area contributed by atoms with Gasteiger partial charge in [-0.15, -0.1) is 0 Å². The van der Waals surface area contributed by atoms with Crippen molar-refractivity contribution >= 4 is 17.9 Å². The van der Waals surface area contributed by atoms with Crippen molar-refractivity contribution in [3.8, 4) is 0 Å². The topological polar surface area (TPSA) is 115 Å². The van der Waals surface area contributed by atoms with Crippen LogP contribution in [0.2, 0.25) is 0 Å². The lowest BCUT2D eigenvalue weighted by Gasteiger charge is -2.37. The van der Waals surface area contributed by atoms with E-state index in [1.54, 1.807) is 0 Å². The maximum absolute atomic E-state index is 11.1. The van der Waals surface area contributed by atoms with E-state index in [-0.39, 0.29) is 43.4 Å². The summed E-state index contributed by atoms with van der Waals surface area (Å²) < 4.78 is 0.140. The molecule has 0 aliphatic carbocycles. The summed E-state index contributed by atoms with van der Waals surface area (Å²) in [5, 5.41) is 29.1. The summed E-state index contributed by atoms with van der Waals surface area (Å²) in [5.74, 6) is -3.15. The lowest BCUT2D eigenvalue weighted by atomic mass is 10.0. The van der Waals surface area contributed by atoms with E-state index in [0.717, 1.165) is 12.8 Å². The number of carbonyl (C=O) groups excluding carboxylic acids is 1. The third kappa shape index (κ3) is 20.4. The number of hydrogen-bond donors (Lipinski definition) is 2. The number of carboxylic acid groups (broad SMARTS) is 3. The fraction of sp³-hybridized carbons (Fsp3) is 0.808. The Balaban J connectivity index is 4.23. The Morgan fingerprint density at radius 1 is 0.667 bits per heavy atom. The van der Waals surface area contributed by atoms with Crippen molar-refractivity contribution in [2.75, 3.05) is 26.2 Å². The first-order valence-electron chi connectivity index (χ1n) is 12.9. The summed E-state index contributed by atoms with van der Waals surface area (Å²) in [6.45, 7) is 3.27. The van der Waals surface area contributed by atoms with Crippen molar-refractivity contribution in [1.29, 1.82) is 0 Å². The number of nitrogens with zero attached hydrogens (tertiary/aromatic N) is 1. The molecule has 0 saturated heterocycles. The smallest absolute Gasteiger partial charge is 0.309 e. The molecule has 0 aliphatic heterocycles. The van der Waals surface area contributed by atoms with Gasteiger partial charge in [-0.25, -0.2) is 0 Å². The van der Waals surface area contributed by atoms with Crippen LogP contribution in [-0.2, 0) is 14.4 Å². The molecule has 0 aromatic rings. The van der Waals surface area contributed by atoms with Crippen molar-refractivity contribution in [3.63, 3.8) is 0 Å². The Kier molecular flexibility index (Phi) is 19.5. The first kappa shape index (κ1) is 31.1. The molecule has 0 bridgehead atoms. The monoisotopic (exact) mass is 469 g/mol. The Morgan fingerprint density at radius 3 is 1.52 bits per heavy atom. The zero-order chi connectivity index (χ0) is 24.8. The highest BCUT2D eigenvalue weighted by Gasteiger charge is 2.27. The maximum atomic E-state index is 11.1. The summed E-state index contributed by atoms with van der Waals surface area (Å²) in [7, 11) is 0. The average Bonchev–Trinajstić information content (AvgIpc) is 2.76. The van der Waals surface area contributed by atoms with E-state index in [2.05, 4.69) is 13.0 Å². The van der Waals surface area contributed by atoms with E-state index in [9.17, 15) is 19.5 Å². The lowest BCUT2D eigenvalue weighted by Crippen LogP contribution is -2.52.